The minimum absolute atomic E-state index is 0.00799. The number of esters is 1. The van der Waals surface area contributed by atoms with Crippen LogP contribution in [0, 0.1) is 25.6 Å². The molecule has 1 aromatic heterocycles. The first kappa shape index (κ1) is 19.0. The monoisotopic (exact) mass is 390 g/mol. The van der Waals surface area contributed by atoms with Crippen LogP contribution in [0.1, 0.15) is 33.6 Å². The zero-order valence-electron chi connectivity index (χ0n) is 14.9. The fraction of sp³-hybridized carbons (Fsp3) is 0.316. The van der Waals surface area contributed by atoms with E-state index < -0.39 is 24.3 Å². The maximum Gasteiger partial charge on any atom is 0.341 e. The van der Waals surface area contributed by atoms with Gasteiger partial charge in [0.15, 0.2) is 6.61 Å². The molecule has 2 N–H and O–H groups in total. The van der Waals surface area contributed by atoms with E-state index in [4.69, 9.17) is 4.74 Å². The molecule has 0 unspecified atom stereocenters. The van der Waals surface area contributed by atoms with Crippen molar-refractivity contribution < 1.29 is 23.5 Å². The second kappa shape index (κ2) is 7.87. The third kappa shape index (κ3) is 4.71. The predicted octanol–water partition coefficient (Wildman–Crippen LogP) is 3.65. The van der Waals surface area contributed by atoms with Crippen LogP contribution < -0.4 is 10.6 Å². The summed E-state index contributed by atoms with van der Waals surface area (Å²) in [7, 11) is 0. The third-order valence-electron chi connectivity index (χ3n) is 4.22. The summed E-state index contributed by atoms with van der Waals surface area (Å²) >= 11 is 1.31. The maximum atomic E-state index is 13.1. The summed E-state index contributed by atoms with van der Waals surface area (Å²) in [5.41, 5.74) is 1.25. The van der Waals surface area contributed by atoms with Gasteiger partial charge < -0.3 is 15.4 Å². The molecule has 3 rings (SSSR count). The van der Waals surface area contributed by atoms with Crippen molar-refractivity contribution in [3.63, 3.8) is 0 Å². The summed E-state index contributed by atoms with van der Waals surface area (Å²) in [5.74, 6) is -1.84. The number of halogens is 1. The molecule has 0 saturated heterocycles. The Morgan fingerprint density at radius 2 is 1.96 bits per heavy atom. The van der Waals surface area contributed by atoms with Gasteiger partial charge in [0.25, 0.3) is 5.91 Å². The average Bonchev–Trinajstić information content (AvgIpc) is 3.41. The zero-order chi connectivity index (χ0) is 19.6. The van der Waals surface area contributed by atoms with Crippen LogP contribution in [0.4, 0.5) is 15.1 Å². The van der Waals surface area contributed by atoms with Crippen LogP contribution >= 0.6 is 11.3 Å². The third-order valence-corrected chi connectivity index (χ3v) is 5.34. The molecule has 0 spiro atoms. The lowest BCUT2D eigenvalue weighted by Gasteiger charge is -2.09. The SMILES string of the molecule is Cc1sc(NC(=O)C2CC2)c(C(=O)OCC(=O)Nc2cccc(F)c2)c1C. The van der Waals surface area contributed by atoms with Crippen LogP contribution in [0.5, 0.6) is 0 Å². The number of hydrogen-bond acceptors (Lipinski definition) is 5. The van der Waals surface area contributed by atoms with Crippen molar-refractivity contribution in [3.8, 4) is 0 Å². The van der Waals surface area contributed by atoms with E-state index in [-0.39, 0.29) is 23.1 Å². The van der Waals surface area contributed by atoms with Gasteiger partial charge in [-0.1, -0.05) is 6.07 Å². The second-order valence-corrected chi connectivity index (χ2v) is 7.61. The van der Waals surface area contributed by atoms with Crippen LogP contribution in [0.15, 0.2) is 24.3 Å². The molecule has 1 saturated carbocycles. The van der Waals surface area contributed by atoms with Crippen molar-refractivity contribution in [2.24, 2.45) is 5.92 Å². The quantitative estimate of drug-likeness (QED) is 0.738. The number of benzene rings is 1. The van der Waals surface area contributed by atoms with E-state index in [1.807, 2.05) is 6.92 Å². The molecular formula is C19H19FN2O4S. The molecule has 6 nitrogen and oxygen atoms in total. The number of carbonyl (C=O) groups excluding carboxylic acids is 3. The number of nitrogens with one attached hydrogen (secondary N) is 2. The lowest BCUT2D eigenvalue weighted by Crippen LogP contribution is -2.22. The highest BCUT2D eigenvalue weighted by Crippen LogP contribution is 2.36. The zero-order valence-corrected chi connectivity index (χ0v) is 15.7. The molecule has 27 heavy (non-hydrogen) atoms. The van der Waals surface area contributed by atoms with Crippen LogP contribution in [0.3, 0.4) is 0 Å². The average molecular weight is 390 g/mol. The van der Waals surface area contributed by atoms with Gasteiger partial charge >= 0.3 is 5.97 Å². The lowest BCUT2D eigenvalue weighted by molar-refractivity contribution is -0.119. The minimum atomic E-state index is -0.683. The van der Waals surface area contributed by atoms with Gasteiger partial charge in [0.1, 0.15) is 10.8 Å². The minimum Gasteiger partial charge on any atom is -0.452 e. The first-order valence-corrected chi connectivity index (χ1v) is 9.30. The summed E-state index contributed by atoms with van der Waals surface area (Å²) in [6.45, 7) is 3.10. The summed E-state index contributed by atoms with van der Waals surface area (Å²) < 4.78 is 18.2. The number of hydrogen-bond donors (Lipinski definition) is 2. The number of anilines is 2. The van der Waals surface area contributed by atoms with Crippen molar-refractivity contribution >= 4 is 39.8 Å². The number of aryl methyl sites for hydroxylation is 1. The van der Waals surface area contributed by atoms with Crippen molar-refractivity contribution in [2.75, 3.05) is 17.2 Å². The van der Waals surface area contributed by atoms with Gasteiger partial charge in [-0.2, -0.15) is 0 Å². The molecule has 0 aliphatic heterocycles. The lowest BCUT2D eigenvalue weighted by atomic mass is 10.1. The molecule has 142 valence electrons. The fourth-order valence-electron chi connectivity index (χ4n) is 2.49. The first-order chi connectivity index (χ1) is 12.8. The van der Waals surface area contributed by atoms with Gasteiger partial charge in [0.05, 0.1) is 5.56 Å². The van der Waals surface area contributed by atoms with E-state index in [1.165, 1.54) is 29.5 Å². The number of amides is 2. The Morgan fingerprint density at radius 1 is 1.22 bits per heavy atom. The van der Waals surface area contributed by atoms with Crippen LogP contribution in [-0.4, -0.2) is 24.4 Å². The van der Waals surface area contributed by atoms with Gasteiger partial charge in [-0.25, -0.2) is 9.18 Å². The largest absolute Gasteiger partial charge is 0.452 e. The van der Waals surface area contributed by atoms with E-state index in [0.29, 0.717) is 10.6 Å². The Bertz CT molecular complexity index is 905. The van der Waals surface area contributed by atoms with Gasteiger partial charge in [0.2, 0.25) is 5.91 Å². The van der Waals surface area contributed by atoms with E-state index in [1.54, 1.807) is 6.92 Å². The van der Waals surface area contributed by atoms with Gasteiger partial charge in [-0.15, -0.1) is 11.3 Å². The summed E-state index contributed by atoms with van der Waals surface area (Å²) in [6, 6.07) is 5.41. The van der Waals surface area contributed by atoms with E-state index >= 15 is 0 Å². The maximum absolute atomic E-state index is 13.1. The van der Waals surface area contributed by atoms with E-state index in [2.05, 4.69) is 10.6 Å². The summed E-state index contributed by atoms with van der Waals surface area (Å²) in [6.07, 6.45) is 1.71. The molecule has 1 aliphatic rings. The Kier molecular flexibility index (Phi) is 5.55. The smallest absolute Gasteiger partial charge is 0.341 e. The molecule has 2 amide bonds. The van der Waals surface area contributed by atoms with Crippen molar-refractivity contribution in [1.29, 1.82) is 0 Å². The summed E-state index contributed by atoms with van der Waals surface area (Å²) in [4.78, 5) is 37.3. The molecule has 0 bridgehead atoms. The fourth-order valence-corrected chi connectivity index (χ4v) is 3.54. The molecule has 1 aliphatic carbocycles. The Morgan fingerprint density at radius 3 is 2.63 bits per heavy atom. The Balaban J connectivity index is 1.63. The molecule has 1 fully saturated rings. The standard InChI is InChI=1S/C19H19FN2O4S/c1-10-11(2)27-18(22-17(24)12-6-7-12)16(10)19(25)26-9-15(23)21-14-5-3-4-13(20)8-14/h3-5,8,12H,6-7,9H2,1-2H3,(H,21,23)(H,22,24). The molecule has 1 heterocycles. The number of carbonyl (C=O) groups is 3. The van der Waals surface area contributed by atoms with E-state index in [0.717, 1.165) is 23.8 Å². The van der Waals surface area contributed by atoms with Gasteiger partial charge in [0, 0.05) is 16.5 Å². The molecule has 2 aromatic rings. The van der Waals surface area contributed by atoms with E-state index in [9.17, 15) is 18.8 Å². The normalized spacial score (nSPS) is 13.1. The van der Waals surface area contributed by atoms with Crippen LogP contribution in [0.2, 0.25) is 0 Å². The number of ether oxygens (including phenoxy) is 1. The highest BCUT2D eigenvalue weighted by atomic mass is 32.1. The van der Waals surface area contributed by atoms with Crippen molar-refractivity contribution in [3.05, 3.63) is 46.1 Å². The van der Waals surface area contributed by atoms with Crippen molar-refractivity contribution in [1.82, 2.24) is 0 Å². The highest BCUT2D eigenvalue weighted by molar-refractivity contribution is 7.16. The molecular weight excluding hydrogens is 371 g/mol. The molecule has 0 atom stereocenters. The second-order valence-electron chi connectivity index (χ2n) is 6.39. The molecule has 1 aromatic carbocycles. The Hall–Kier alpha value is -2.74. The molecule has 8 heteroatoms. The van der Waals surface area contributed by atoms with Gasteiger partial charge in [-0.3, -0.25) is 9.59 Å². The van der Waals surface area contributed by atoms with Crippen LogP contribution in [0.25, 0.3) is 0 Å². The van der Waals surface area contributed by atoms with Crippen LogP contribution in [-0.2, 0) is 14.3 Å². The van der Waals surface area contributed by atoms with Crippen molar-refractivity contribution in [2.45, 2.75) is 26.7 Å². The number of rotatable bonds is 6. The Labute approximate surface area is 159 Å². The topological polar surface area (TPSA) is 84.5 Å². The van der Waals surface area contributed by atoms with Gasteiger partial charge in [-0.05, 0) is 50.5 Å². The highest BCUT2D eigenvalue weighted by Gasteiger charge is 2.31. The molecule has 0 radical (unpaired) electrons. The predicted molar refractivity (Wildman–Crippen MR) is 100 cm³/mol. The summed E-state index contributed by atoms with van der Waals surface area (Å²) in [5, 5.41) is 5.68. The first-order valence-electron chi connectivity index (χ1n) is 8.48. The number of thiophene rings is 1.